The Balaban J connectivity index is 2.14. The third-order valence-electron chi connectivity index (χ3n) is 3.35. The summed E-state index contributed by atoms with van der Waals surface area (Å²) in [6.45, 7) is 6.05. The summed E-state index contributed by atoms with van der Waals surface area (Å²) in [4.78, 5) is 0. The molecular formula is C19H17NO. The third-order valence-corrected chi connectivity index (χ3v) is 3.35. The van der Waals surface area contributed by atoms with Gasteiger partial charge in [0.2, 0.25) is 0 Å². The van der Waals surface area contributed by atoms with E-state index in [0.717, 1.165) is 40.1 Å². The first-order valence-electron chi connectivity index (χ1n) is 6.99. The highest BCUT2D eigenvalue weighted by atomic mass is 16.5. The van der Waals surface area contributed by atoms with Gasteiger partial charge in [0.05, 0.1) is 0 Å². The number of aromatic nitrogens is 1. The van der Waals surface area contributed by atoms with Crippen LogP contribution in [0.2, 0.25) is 0 Å². The Hall–Kier alpha value is -2.61. The zero-order chi connectivity index (χ0) is 14.7. The molecule has 104 valence electrons. The van der Waals surface area contributed by atoms with Crippen molar-refractivity contribution < 1.29 is 4.52 Å². The topological polar surface area (TPSA) is 26.0 Å². The minimum atomic E-state index is 0.762. The van der Waals surface area contributed by atoms with Gasteiger partial charge < -0.3 is 4.52 Å². The maximum Gasteiger partial charge on any atom is 0.171 e. The predicted molar refractivity (Wildman–Crippen MR) is 85.9 cm³/mol. The minimum absolute atomic E-state index is 0.762. The van der Waals surface area contributed by atoms with Crippen molar-refractivity contribution in [3.63, 3.8) is 0 Å². The fourth-order valence-corrected chi connectivity index (χ4v) is 2.41. The van der Waals surface area contributed by atoms with Gasteiger partial charge in [0, 0.05) is 16.7 Å². The Morgan fingerprint density at radius 2 is 1.52 bits per heavy atom. The number of hydrogen-bond donors (Lipinski definition) is 0. The van der Waals surface area contributed by atoms with Gasteiger partial charge >= 0.3 is 0 Å². The summed E-state index contributed by atoms with van der Waals surface area (Å²) in [7, 11) is 0. The molecule has 0 N–H and O–H groups in total. The summed E-state index contributed by atoms with van der Waals surface area (Å²) in [5.74, 6) is 0.831. The van der Waals surface area contributed by atoms with Crippen LogP contribution in [0.5, 0.6) is 0 Å². The quantitative estimate of drug-likeness (QED) is 0.617. The van der Waals surface area contributed by atoms with Crippen molar-refractivity contribution in [3.05, 3.63) is 78.4 Å². The van der Waals surface area contributed by atoms with Crippen molar-refractivity contribution in [3.8, 4) is 22.6 Å². The van der Waals surface area contributed by atoms with E-state index in [-0.39, 0.29) is 0 Å². The highest BCUT2D eigenvalue weighted by Gasteiger charge is 2.18. The molecule has 3 aromatic rings. The summed E-state index contributed by atoms with van der Waals surface area (Å²) >= 11 is 0. The summed E-state index contributed by atoms with van der Waals surface area (Å²) in [6, 6.07) is 20.2. The fraction of sp³-hybridized carbons (Fsp3) is 0.105. The van der Waals surface area contributed by atoms with Crippen LogP contribution in [-0.2, 0) is 6.42 Å². The van der Waals surface area contributed by atoms with Crippen LogP contribution in [0.1, 0.15) is 12.5 Å². The average molecular weight is 275 g/mol. The average Bonchev–Trinajstić information content (AvgIpc) is 2.92. The molecule has 0 saturated carbocycles. The molecule has 0 radical (unpaired) electrons. The number of rotatable bonds is 4. The maximum absolute atomic E-state index is 5.65. The van der Waals surface area contributed by atoms with E-state index in [1.807, 2.05) is 55.5 Å². The lowest BCUT2D eigenvalue weighted by molar-refractivity contribution is 0.434. The number of benzene rings is 2. The lowest BCUT2D eigenvalue weighted by Crippen LogP contribution is -1.91. The molecule has 1 heterocycles. The van der Waals surface area contributed by atoms with E-state index in [1.54, 1.807) is 0 Å². The SMILES string of the molecule is C=C(C)Cc1c(-c2ccccc2)noc1-c1ccccc1. The zero-order valence-electron chi connectivity index (χ0n) is 12.0. The highest BCUT2D eigenvalue weighted by molar-refractivity contribution is 5.73. The molecule has 0 aliphatic rings. The normalized spacial score (nSPS) is 10.5. The first-order chi connectivity index (χ1) is 10.3. The number of nitrogens with zero attached hydrogens (tertiary/aromatic N) is 1. The van der Waals surface area contributed by atoms with Crippen molar-refractivity contribution >= 4 is 0 Å². The van der Waals surface area contributed by atoms with Crippen molar-refractivity contribution in [2.75, 3.05) is 0 Å². The van der Waals surface area contributed by atoms with Crippen molar-refractivity contribution in [2.45, 2.75) is 13.3 Å². The Morgan fingerprint density at radius 3 is 2.10 bits per heavy atom. The predicted octanol–water partition coefficient (Wildman–Crippen LogP) is 5.13. The van der Waals surface area contributed by atoms with Gasteiger partial charge in [-0.3, -0.25) is 0 Å². The van der Waals surface area contributed by atoms with Gasteiger partial charge in [-0.05, 0) is 13.3 Å². The number of allylic oxidation sites excluding steroid dienone is 1. The highest BCUT2D eigenvalue weighted by Crippen LogP contribution is 2.33. The number of hydrogen-bond acceptors (Lipinski definition) is 2. The molecule has 0 atom stereocenters. The van der Waals surface area contributed by atoms with Crippen LogP contribution in [0.15, 0.2) is 77.3 Å². The Morgan fingerprint density at radius 1 is 0.952 bits per heavy atom. The molecule has 2 nitrogen and oxygen atoms in total. The molecule has 1 aromatic heterocycles. The zero-order valence-corrected chi connectivity index (χ0v) is 12.0. The molecule has 0 unspecified atom stereocenters. The van der Waals surface area contributed by atoms with Gasteiger partial charge in [0.25, 0.3) is 0 Å². The van der Waals surface area contributed by atoms with E-state index >= 15 is 0 Å². The molecule has 0 aliphatic carbocycles. The Bertz CT molecular complexity index is 685. The minimum Gasteiger partial charge on any atom is -0.355 e. The molecular weight excluding hydrogens is 258 g/mol. The molecule has 2 aromatic carbocycles. The monoisotopic (exact) mass is 275 g/mol. The van der Waals surface area contributed by atoms with Gasteiger partial charge in [-0.15, -0.1) is 0 Å². The molecule has 3 rings (SSSR count). The molecule has 21 heavy (non-hydrogen) atoms. The molecule has 2 heteroatoms. The second-order valence-corrected chi connectivity index (χ2v) is 5.20. The van der Waals surface area contributed by atoms with Gasteiger partial charge in [-0.25, -0.2) is 0 Å². The van der Waals surface area contributed by atoms with Crippen molar-refractivity contribution in [2.24, 2.45) is 0 Å². The van der Waals surface area contributed by atoms with E-state index in [4.69, 9.17) is 4.52 Å². The van der Waals surface area contributed by atoms with Crippen LogP contribution >= 0.6 is 0 Å². The Labute approximate surface area is 124 Å². The van der Waals surface area contributed by atoms with Crippen LogP contribution in [0.3, 0.4) is 0 Å². The van der Waals surface area contributed by atoms with Crippen LogP contribution in [0, 0.1) is 0 Å². The first kappa shape index (κ1) is 13.4. The molecule has 0 spiro atoms. The fourth-order valence-electron chi connectivity index (χ4n) is 2.41. The lowest BCUT2D eigenvalue weighted by atomic mass is 9.98. The third kappa shape index (κ3) is 2.79. The van der Waals surface area contributed by atoms with Crippen LogP contribution in [0.4, 0.5) is 0 Å². The van der Waals surface area contributed by atoms with Crippen LogP contribution in [-0.4, -0.2) is 5.16 Å². The first-order valence-corrected chi connectivity index (χ1v) is 6.99. The van der Waals surface area contributed by atoms with E-state index in [2.05, 4.69) is 23.9 Å². The largest absolute Gasteiger partial charge is 0.355 e. The summed E-state index contributed by atoms with van der Waals surface area (Å²) in [5, 5.41) is 4.30. The van der Waals surface area contributed by atoms with Gasteiger partial charge in [-0.1, -0.05) is 78.0 Å². The second kappa shape index (κ2) is 5.80. The molecule has 0 fully saturated rings. The smallest absolute Gasteiger partial charge is 0.171 e. The van der Waals surface area contributed by atoms with Crippen LogP contribution in [0.25, 0.3) is 22.6 Å². The second-order valence-electron chi connectivity index (χ2n) is 5.20. The molecule has 0 saturated heterocycles. The summed E-state index contributed by atoms with van der Waals surface area (Å²) < 4.78 is 5.65. The molecule has 0 aliphatic heterocycles. The van der Waals surface area contributed by atoms with E-state index in [0.29, 0.717) is 0 Å². The van der Waals surface area contributed by atoms with Gasteiger partial charge in [0.1, 0.15) is 5.69 Å². The Kier molecular flexibility index (Phi) is 3.69. The van der Waals surface area contributed by atoms with Gasteiger partial charge in [-0.2, -0.15) is 0 Å². The van der Waals surface area contributed by atoms with Gasteiger partial charge in [0.15, 0.2) is 5.76 Å². The van der Waals surface area contributed by atoms with Crippen molar-refractivity contribution in [1.82, 2.24) is 5.16 Å². The van der Waals surface area contributed by atoms with Crippen molar-refractivity contribution in [1.29, 1.82) is 0 Å². The van der Waals surface area contributed by atoms with E-state index in [1.165, 1.54) is 0 Å². The molecule has 0 bridgehead atoms. The standard InChI is InChI=1S/C19H17NO/c1-14(2)13-17-18(15-9-5-3-6-10-15)20-21-19(17)16-11-7-4-8-12-16/h3-12H,1,13H2,2H3. The van der Waals surface area contributed by atoms with E-state index in [9.17, 15) is 0 Å². The maximum atomic E-state index is 5.65. The molecule has 0 amide bonds. The summed E-state index contributed by atoms with van der Waals surface area (Å²) in [5.41, 5.74) is 5.20. The lowest BCUT2D eigenvalue weighted by Gasteiger charge is -2.04. The van der Waals surface area contributed by atoms with E-state index < -0.39 is 0 Å². The summed E-state index contributed by atoms with van der Waals surface area (Å²) in [6.07, 6.45) is 0.762. The van der Waals surface area contributed by atoms with Crippen LogP contribution < -0.4 is 0 Å².